The van der Waals surface area contributed by atoms with Crippen molar-refractivity contribution in [2.45, 2.75) is 43.9 Å². The summed E-state index contributed by atoms with van der Waals surface area (Å²) in [5, 5.41) is 8.90. The summed E-state index contributed by atoms with van der Waals surface area (Å²) in [5.74, 6) is 0. The maximum atomic E-state index is 11.8. The van der Waals surface area contributed by atoms with Crippen LogP contribution >= 0.6 is 0 Å². The smallest absolute Gasteiger partial charge is 0.153 e. The quantitative estimate of drug-likeness (QED) is 0.745. The van der Waals surface area contributed by atoms with E-state index in [4.69, 9.17) is 0 Å². The van der Waals surface area contributed by atoms with Gasteiger partial charge in [-0.2, -0.15) is 5.26 Å². The summed E-state index contributed by atoms with van der Waals surface area (Å²) in [5.41, 5.74) is -0.795. The van der Waals surface area contributed by atoms with Gasteiger partial charge in [0.1, 0.15) is 5.54 Å². The number of hydrogen-bond acceptors (Lipinski definition) is 4. The molecule has 5 heteroatoms. The van der Waals surface area contributed by atoms with E-state index in [1.807, 2.05) is 18.7 Å². The Kier molecular flexibility index (Phi) is 3.97. The average molecular weight is 244 g/mol. The highest BCUT2D eigenvalue weighted by Gasteiger charge is 2.51. The van der Waals surface area contributed by atoms with Crippen LogP contribution in [0.4, 0.5) is 0 Å². The summed E-state index contributed by atoms with van der Waals surface area (Å²) < 4.78 is 23.5. The van der Waals surface area contributed by atoms with E-state index in [2.05, 4.69) is 6.07 Å². The second-order valence-electron chi connectivity index (χ2n) is 4.42. The van der Waals surface area contributed by atoms with Crippen molar-refractivity contribution in [1.82, 2.24) is 4.90 Å². The van der Waals surface area contributed by atoms with Crippen molar-refractivity contribution in [2.75, 3.05) is 19.3 Å². The van der Waals surface area contributed by atoms with Crippen LogP contribution in [0.25, 0.3) is 0 Å². The van der Waals surface area contributed by atoms with Gasteiger partial charge in [0.15, 0.2) is 9.84 Å². The van der Waals surface area contributed by atoms with Gasteiger partial charge >= 0.3 is 0 Å². The minimum atomic E-state index is -3.15. The molecule has 0 heterocycles. The zero-order valence-corrected chi connectivity index (χ0v) is 11.0. The summed E-state index contributed by atoms with van der Waals surface area (Å²) in [6, 6.07) is 2.28. The SMILES string of the molecule is CCN(CC)C1(C#N)CCCC1S(C)(=O)=O. The van der Waals surface area contributed by atoms with Crippen LogP contribution in [0.2, 0.25) is 0 Å². The third kappa shape index (κ3) is 2.09. The Hall–Kier alpha value is -0.600. The Morgan fingerprint density at radius 2 is 2.00 bits per heavy atom. The molecule has 2 unspecified atom stereocenters. The van der Waals surface area contributed by atoms with Crippen LogP contribution in [-0.2, 0) is 9.84 Å². The van der Waals surface area contributed by atoms with E-state index in [9.17, 15) is 13.7 Å². The minimum absolute atomic E-state index is 0.523. The zero-order chi connectivity index (χ0) is 12.4. The molecule has 2 atom stereocenters. The Morgan fingerprint density at radius 3 is 2.38 bits per heavy atom. The predicted octanol–water partition coefficient (Wildman–Crippen LogP) is 1.19. The maximum Gasteiger partial charge on any atom is 0.153 e. The van der Waals surface area contributed by atoms with E-state index in [0.717, 1.165) is 19.5 Å². The van der Waals surface area contributed by atoms with Gasteiger partial charge in [0, 0.05) is 6.26 Å². The number of hydrogen-bond donors (Lipinski definition) is 0. The molecule has 0 aromatic heterocycles. The Balaban J connectivity index is 3.17. The average Bonchev–Trinajstić information content (AvgIpc) is 2.64. The number of nitriles is 1. The fourth-order valence-corrected chi connectivity index (χ4v) is 4.50. The molecule has 1 aliphatic carbocycles. The van der Waals surface area contributed by atoms with Gasteiger partial charge in [-0.25, -0.2) is 8.42 Å². The first-order valence-electron chi connectivity index (χ1n) is 5.77. The fourth-order valence-electron chi connectivity index (χ4n) is 2.87. The van der Waals surface area contributed by atoms with Crippen molar-refractivity contribution in [3.63, 3.8) is 0 Å². The first-order valence-corrected chi connectivity index (χ1v) is 7.73. The molecule has 0 spiro atoms. The monoisotopic (exact) mass is 244 g/mol. The summed E-state index contributed by atoms with van der Waals surface area (Å²) in [7, 11) is -3.15. The van der Waals surface area contributed by atoms with Gasteiger partial charge < -0.3 is 0 Å². The molecule has 1 saturated carbocycles. The molecule has 0 aromatic rings. The van der Waals surface area contributed by atoms with Gasteiger partial charge in [-0.3, -0.25) is 4.90 Å². The second-order valence-corrected chi connectivity index (χ2v) is 6.65. The number of rotatable bonds is 4. The highest BCUT2D eigenvalue weighted by atomic mass is 32.2. The molecule has 0 aromatic carbocycles. The normalized spacial score (nSPS) is 30.6. The number of sulfone groups is 1. The molecule has 4 nitrogen and oxygen atoms in total. The van der Waals surface area contributed by atoms with Crippen LogP contribution in [0.5, 0.6) is 0 Å². The molecule has 0 amide bonds. The van der Waals surface area contributed by atoms with E-state index in [1.54, 1.807) is 0 Å². The van der Waals surface area contributed by atoms with Crippen molar-refractivity contribution in [3.8, 4) is 6.07 Å². The molecular formula is C11H20N2O2S. The molecule has 92 valence electrons. The zero-order valence-electron chi connectivity index (χ0n) is 10.2. The fraction of sp³-hybridized carbons (Fsp3) is 0.909. The standard InChI is InChI=1S/C11H20N2O2S/c1-4-13(5-2)11(9-12)8-6-7-10(11)16(3,14)15/h10H,4-8H2,1-3H3. The molecule has 0 bridgehead atoms. The minimum Gasteiger partial charge on any atom is -0.285 e. The molecule has 1 rings (SSSR count). The highest BCUT2D eigenvalue weighted by molar-refractivity contribution is 7.91. The molecule has 0 radical (unpaired) electrons. The lowest BCUT2D eigenvalue weighted by Crippen LogP contribution is -2.55. The maximum absolute atomic E-state index is 11.8. The predicted molar refractivity (Wildman–Crippen MR) is 63.7 cm³/mol. The molecular weight excluding hydrogens is 224 g/mol. The van der Waals surface area contributed by atoms with Gasteiger partial charge in [-0.1, -0.05) is 13.8 Å². The molecule has 1 aliphatic rings. The molecule has 0 aliphatic heterocycles. The van der Waals surface area contributed by atoms with Crippen molar-refractivity contribution in [2.24, 2.45) is 0 Å². The van der Waals surface area contributed by atoms with Crippen LogP contribution < -0.4 is 0 Å². The van der Waals surface area contributed by atoms with Crippen molar-refractivity contribution in [3.05, 3.63) is 0 Å². The summed E-state index contributed by atoms with van der Waals surface area (Å²) in [4.78, 5) is 1.99. The van der Waals surface area contributed by atoms with Gasteiger partial charge in [-0.05, 0) is 32.4 Å². The largest absolute Gasteiger partial charge is 0.285 e. The summed E-state index contributed by atoms with van der Waals surface area (Å²) in [6.07, 6.45) is 3.35. The first kappa shape index (κ1) is 13.5. The third-order valence-corrected chi connectivity index (χ3v) is 5.25. The van der Waals surface area contributed by atoms with Crippen LogP contribution in [0.3, 0.4) is 0 Å². The van der Waals surface area contributed by atoms with Crippen LogP contribution in [0, 0.1) is 11.3 Å². The van der Waals surface area contributed by atoms with E-state index in [0.29, 0.717) is 12.8 Å². The van der Waals surface area contributed by atoms with Gasteiger partial charge in [0.2, 0.25) is 0 Å². The Labute approximate surface area is 98.2 Å². The Morgan fingerprint density at radius 1 is 1.44 bits per heavy atom. The molecule has 0 N–H and O–H groups in total. The number of nitrogens with zero attached hydrogens (tertiary/aromatic N) is 2. The second kappa shape index (κ2) is 4.72. The Bertz CT molecular complexity index is 381. The topological polar surface area (TPSA) is 61.2 Å². The van der Waals surface area contributed by atoms with E-state index in [-0.39, 0.29) is 0 Å². The molecule has 0 saturated heterocycles. The van der Waals surface area contributed by atoms with E-state index >= 15 is 0 Å². The van der Waals surface area contributed by atoms with Gasteiger partial charge in [-0.15, -0.1) is 0 Å². The molecule has 1 fully saturated rings. The van der Waals surface area contributed by atoms with E-state index < -0.39 is 20.6 Å². The van der Waals surface area contributed by atoms with Crippen LogP contribution in [0.1, 0.15) is 33.1 Å². The third-order valence-electron chi connectivity index (χ3n) is 3.60. The van der Waals surface area contributed by atoms with E-state index in [1.165, 1.54) is 6.26 Å². The van der Waals surface area contributed by atoms with Crippen molar-refractivity contribution in [1.29, 1.82) is 5.26 Å². The summed E-state index contributed by atoms with van der Waals surface area (Å²) in [6.45, 7) is 5.38. The van der Waals surface area contributed by atoms with Crippen molar-refractivity contribution < 1.29 is 8.42 Å². The lowest BCUT2D eigenvalue weighted by molar-refractivity contribution is 0.160. The van der Waals surface area contributed by atoms with Gasteiger partial charge in [0.25, 0.3) is 0 Å². The molecule has 16 heavy (non-hydrogen) atoms. The van der Waals surface area contributed by atoms with Crippen molar-refractivity contribution >= 4 is 9.84 Å². The lowest BCUT2D eigenvalue weighted by Gasteiger charge is -2.38. The van der Waals surface area contributed by atoms with Gasteiger partial charge in [0.05, 0.1) is 11.3 Å². The first-order chi connectivity index (χ1) is 7.42. The highest BCUT2D eigenvalue weighted by Crippen LogP contribution is 2.38. The lowest BCUT2D eigenvalue weighted by atomic mass is 9.96. The van der Waals surface area contributed by atoms with Crippen LogP contribution in [0.15, 0.2) is 0 Å². The summed E-state index contributed by atoms with van der Waals surface area (Å²) >= 11 is 0. The van der Waals surface area contributed by atoms with Crippen LogP contribution in [-0.4, -0.2) is 43.5 Å².